The number of ether oxygens (including phenoxy) is 2. The Hall–Kier alpha value is -2.14. The molecule has 2 bridgehead atoms. The lowest BCUT2D eigenvalue weighted by molar-refractivity contribution is -0.150. The molecular formula is C27H36N2O3. The lowest BCUT2D eigenvalue weighted by Crippen LogP contribution is -2.51. The zero-order valence-electron chi connectivity index (χ0n) is 19.7. The van der Waals surface area contributed by atoms with Crippen molar-refractivity contribution in [3.8, 4) is 5.75 Å². The summed E-state index contributed by atoms with van der Waals surface area (Å²) in [7, 11) is 3.61. The fourth-order valence-electron chi connectivity index (χ4n) is 6.90. The number of nitrogens with zero attached hydrogens (tertiary/aromatic N) is 2. The number of hydrogen-bond donors (Lipinski definition) is 0. The summed E-state index contributed by atoms with van der Waals surface area (Å²) in [4.78, 5) is 21.0. The maximum atomic E-state index is 13.9. The van der Waals surface area contributed by atoms with Crippen LogP contribution in [0.25, 0.3) is 0 Å². The Labute approximate surface area is 191 Å². The van der Waals surface area contributed by atoms with Gasteiger partial charge in [-0.1, -0.05) is 44.4 Å². The SMILES string of the molecule is C=CC[C@]12C[C@@]3(O[C@H](C4CCCCC4)N=C3C[C@H](c3ccc(OC)cc3)[C@H]1C)N(C)C2=O. The van der Waals surface area contributed by atoms with E-state index in [9.17, 15) is 4.79 Å². The van der Waals surface area contributed by atoms with Crippen LogP contribution in [-0.4, -0.2) is 42.6 Å². The minimum atomic E-state index is -0.697. The second kappa shape index (κ2) is 8.02. The van der Waals surface area contributed by atoms with Gasteiger partial charge in [-0.3, -0.25) is 9.79 Å². The van der Waals surface area contributed by atoms with Crippen LogP contribution in [0.2, 0.25) is 0 Å². The summed E-state index contributed by atoms with van der Waals surface area (Å²) in [5, 5.41) is 0. The van der Waals surface area contributed by atoms with Gasteiger partial charge in [0.2, 0.25) is 5.91 Å². The highest BCUT2D eigenvalue weighted by Crippen LogP contribution is 2.60. The van der Waals surface area contributed by atoms with Crippen LogP contribution < -0.4 is 4.74 Å². The van der Waals surface area contributed by atoms with Crippen LogP contribution in [0, 0.1) is 17.3 Å². The first kappa shape index (κ1) is 21.7. The number of carbonyl (C=O) groups excluding carboxylic acids is 1. The maximum Gasteiger partial charge on any atom is 0.231 e. The molecule has 5 nitrogen and oxygen atoms in total. The van der Waals surface area contributed by atoms with Crippen molar-refractivity contribution in [3.05, 3.63) is 42.5 Å². The lowest BCUT2D eigenvalue weighted by atomic mass is 9.66. The highest BCUT2D eigenvalue weighted by atomic mass is 16.6. The number of rotatable bonds is 5. The highest BCUT2D eigenvalue weighted by molar-refractivity contribution is 6.02. The van der Waals surface area contributed by atoms with Crippen LogP contribution in [0.1, 0.15) is 69.8 Å². The van der Waals surface area contributed by atoms with Crippen molar-refractivity contribution in [2.24, 2.45) is 22.2 Å². The molecule has 1 spiro atoms. The molecule has 0 N–H and O–H groups in total. The molecule has 0 radical (unpaired) electrons. The third-order valence-electron chi connectivity index (χ3n) is 8.87. The normalized spacial score (nSPS) is 37.1. The van der Waals surface area contributed by atoms with Gasteiger partial charge in [-0.15, -0.1) is 6.58 Å². The number of fused-ring (bicyclic) bond motifs is 1. The molecule has 172 valence electrons. The molecule has 2 saturated carbocycles. The second-order valence-electron chi connectivity index (χ2n) is 10.3. The Morgan fingerprint density at radius 3 is 2.62 bits per heavy atom. The summed E-state index contributed by atoms with van der Waals surface area (Å²) in [5.74, 6) is 1.84. The Morgan fingerprint density at radius 1 is 1.25 bits per heavy atom. The number of allylic oxidation sites excluding steroid dienone is 1. The zero-order valence-corrected chi connectivity index (χ0v) is 19.7. The van der Waals surface area contributed by atoms with Gasteiger partial charge in [0.25, 0.3) is 0 Å². The molecule has 5 heteroatoms. The Morgan fingerprint density at radius 2 is 1.97 bits per heavy atom. The molecule has 32 heavy (non-hydrogen) atoms. The zero-order chi connectivity index (χ0) is 22.5. The molecule has 0 aromatic heterocycles. The Bertz CT molecular complexity index is 919. The molecule has 2 aliphatic heterocycles. The number of methoxy groups -OCH3 is 1. The molecule has 2 aliphatic carbocycles. The van der Waals surface area contributed by atoms with Crippen LogP contribution in [0.15, 0.2) is 41.9 Å². The molecule has 4 aliphatic rings. The molecule has 0 unspecified atom stereocenters. The summed E-state index contributed by atoms with van der Waals surface area (Å²) in [6.07, 6.45) is 10.1. The largest absolute Gasteiger partial charge is 0.497 e. The van der Waals surface area contributed by atoms with Gasteiger partial charge < -0.3 is 14.4 Å². The first-order valence-corrected chi connectivity index (χ1v) is 12.2. The van der Waals surface area contributed by atoms with Gasteiger partial charge in [-0.25, -0.2) is 0 Å². The third-order valence-corrected chi connectivity index (χ3v) is 8.87. The van der Waals surface area contributed by atoms with E-state index in [2.05, 4.69) is 25.6 Å². The minimum absolute atomic E-state index is 0.120. The molecule has 5 rings (SSSR count). The van der Waals surface area contributed by atoms with Gasteiger partial charge in [0.05, 0.1) is 18.2 Å². The Balaban J connectivity index is 1.58. The smallest absolute Gasteiger partial charge is 0.231 e. The number of likely N-dealkylation sites (tertiary alicyclic amines) is 1. The van der Waals surface area contributed by atoms with E-state index in [0.29, 0.717) is 18.8 Å². The average Bonchev–Trinajstić information content (AvgIpc) is 3.26. The lowest BCUT2D eigenvalue weighted by Gasteiger charge is -2.38. The monoisotopic (exact) mass is 436 g/mol. The van der Waals surface area contributed by atoms with E-state index in [4.69, 9.17) is 14.5 Å². The summed E-state index contributed by atoms with van der Waals surface area (Å²) in [6.45, 7) is 6.26. The molecule has 1 saturated heterocycles. The van der Waals surface area contributed by atoms with Crippen LogP contribution >= 0.6 is 0 Å². The Kier molecular flexibility index (Phi) is 5.43. The summed E-state index contributed by atoms with van der Waals surface area (Å²) in [6, 6.07) is 8.34. The van der Waals surface area contributed by atoms with Crippen LogP contribution in [-0.2, 0) is 9.53 Å². The standard InChI is InChI=1S/C27H36N2O3/c1-5-15-26-17-27(29(3)25(26)30)23(28-24(32-27)20-9-7-6-8-10-20)16-22(18(26)2)19-11-13-21(31-4)14-12-19/h5,11-14,18,20,22,24H,1,6-10,15-17H2,2-4H3/t18-,22+,24-,26+,27+/m1/s1. The van der Waals surface area contributed by atoms with Gasteiger partial charge >= 0.3 is 0 Å². The van der Waals surface area contributed by atoms with E-state index in [1.165, 1.54) is 37.7 Å². The number of amides is 1. The predicted molar refractivity (Wildman–Crippen MR) is 126 cm³/mol. The van der Waals surface area contributed by atoms with Gasteiger partial charge in [0.1, 0.15) is 5.75 Å². The average molecular weight is 437 g/mol. The van der Waals surface area contributed by atoms with Gasteiger partial charge in [0, 0.05) is 19.4 Å². The summed E-state index contributed by atoms with van der Waals surface area (Å²) < 4.78 is 12.2. The molecule has 2 heterocycles. The third kappa shape index (κ3) is 3.07. The van der Waals surface area contributed by atoms with Crippen molar-refractivity contribution in [1.29, 1.82) is 0 Å². The molecular weight excluding hydrogens is 400 g/mol. The van der Waals surface area contributed by atoms with Crippen molar-refractivity contribution >= 4 is 11.6 Å². The van der Waals surface area contributed by atoms with Crippen LogP contribution in [0.5, 0.6) is 5.75 Å². The van der Waals surface area contributed by atoms with E-state index in [-0.39, 0.29) is 24.0 Å². The molecule has 1 aromatic carbocycles. The van der Waals surface area contributed by atoms with Crippen molar-refractivity contribution < 1.29 is 14.3 Å². The topological polar surface area (TPSA) is 51.1 Å². The molecule has 3 fully saturated rings. The fourth-order valence-corrected chi connectivity index (χ4v) is 6.90. The maximum absolute atomic E-state index is 13.9. The quantitative estimate of drug-likeness (QED) is 0.587. The van der Waals surface area contributed by atoms with Gasteiger partial charge in [-0.2, -0.15) is 0 Å². The van der Waals surface area contributed by atoms with Crippen molar-refractivity contribution in [1.82, 2.24) is 4.90 Å². The highest BCUT2D eigenvalue weighted by Gasteiger charge is 2.68. The second-order valence-corrected chi connectivity index (χ2v) is 10.3. The van der Waals surface area contributed by atoms with Crippen molar-refractivity contribution in [2.75, 3.05) is 14.2 Å². The summed E-state index contributed by atoms with van der Waals surface area (Å²) in [5.41, 5.74) is 1.10. The number of hydrogen-bond acceptors (Lipinski definition) is 4. The number of aliphatic imine (C=N–C) groups is 1. The number of benzene rings is 1. The van der Waals surface area contributed by atoms with Gasteiger partial charge in [-0.05, 0) is 55.2 Å². The summed E-state index contributed by atoms with van der Waals surface area (Å²) >= 11 is 0. The molecule has 1 amide bonds. The number of carbonyl (C=O) groups is 1. The van der Waals surface area contributed by atoms with Crippen LogP contribution in [0.4, 0.5) is 0 Å². The van der Waals surface area contributed by atoms with E-state index >= 15 is 0 Å². The minimum Gasteiger partial charge on any atom is -0.497 e. The first-order valence-electron chi connectivity index (χ1n) is 12.2. The molecule has 1 aromatic rings. The molecule has 5 atom stereocenters. The van der Waals surface area contributed by atoms with E-state index in [0.717, 1.165) is 17.9 Å². The van der Waals surface area contributed by atoms with E-state index < -0.39 is 11.1 Å². The predicted octanol–water partition coefficient (Wildman–Crippen LogP) is 5.32. The van der Waals surface area contributed by atoms with Crippen molar-refractivity contribution in [2.45, 2.75) is 76.2 Å². The van der Waals surface area contributed by atoms with Crippen molar-refractivity contribution in [3.63, 3.8) is 0 Å². The van der Waals surface area contributed by atoms with Crippen LogP contribution in [0.3, 0.4) is 0 Å². The van der Waals surface area contributed by atoms with E-state index in [1.807, 2.05) is 30.2 Å². The first-order chi connectivity index (χ1) is 15.4. The van der Waals surface area contributed by atoms with Gasteiger partial charge in [0.15, 0.2) is 12.0 Å². The fraction of sp³-hybridized carbons (Fsp3) is 0.630. The van der Waals surface area contributed by atoms with E-state index in [1.54, 1.807) is 7.11 Å².